The highest BCUT2D eigenvalue weighted by Gasteiger charge is 2.21. The van der Waals surface area contributed by atoms with Crippen molar-refractivity contribution >= 4 is 16.9 Å². The van der Waals surface area contributed by atoms with Crippen molar-refractivity contribution in [2.75, 3.05) is 11.9 Å². The van der Waals surface area contributed by atoms with Crippen LogP contribution in [-0.2, 0) is 0 Å². The van der Waals surface area contributed by atoms with Crippen LogP contribution in [0.15, 0.2) is 36.7 Å². The second-order valence-electron chi connectivity index (χ2n) is 7.65. The van der Waals surface area contributed by atoms with E-state index in [4.69, 9.17) is 9.72 Å². The molecule has 0 unspecified atom stereocenters. The number of benzene rings is 1. The summed E-state index contributed by atoms with van der Waals surface area (Å²) in [5, 5.41) is 4.11. The molecule has 3 aromatic rings. The van der Waals surface area contributed by atoms with Crippen LogP contribution >= 0.6 is 0 Å². The van der Waals surface area contributed by atoms with Gasteiger partial charge in [0, 0.05) is 24.5 Å². The number of hydrogen-bond donors (Lipinski definition) is 1. The van der Waals surface area contributed by atoms with Gasteiger partial charge in [-0.25, -0.2) is 19.3 Å². The third-order valence-corrected chi connectivity index (χ3v) is 5.50. The highest BCUT2D eigenvalue weighted by molar-refractivity contribution is 5.86. The third-order valence-electron chi connectivity index (χ3n) is 5.50. The average molecular weight is 394 g/mol. The Bertz CT molecular complexity index is 955. The number of hydrogen-bond acceptors (Lipinski definition) is 5. The van der Waals surface area contributed by atoms with Crippen LogP contribution in [0.25, 0.3) is 10.9 Å². The van der Waals surface area contributed by atoms with E-state index < -0.39 is 0 Å². The molecule has 29 heavy (non-hydrogen) atoms. The minimum absolute atomic E-state index is 0.297. The molecule has 1 fully saturated rings. The van der Waals surface area contributed by atoms with Gasteiger partial charge in [0.2, 0.25) is 11.8 Å². The maximum absolute atomic E-state index is 13.2. The van der Waals surface area contributed by atoms with E-state index in [9.17, 15) is 4.39 Å². The largest absolute Gasteiger partial charge is 0.438 e. The number of halogens is 1. The summed E-state index contributed by atoms with van der Waals surface area (Å²) < 4.78 is 19.2. The first-order chi connectivity index (χ1) is 14.2. The number of fused-ring (bicyclic) bond motifs is 1. The van der Waals surface area contributed by atoms with Gasteiger partial charge in [-0.2, -0.15) is 0 Å². The number of unbranched alkanes of at least 4 members (excludes halogenated alkanes) is 1. The minimum Gasteiger partial charge on any atom is -0.438 e. The molecule has 0 radical (unpaired) electrons. The maximum atomic E-state index is 13.2. The topological polar surface area (TPSA) is 59.9 Å². The molecule has 4 rings (SSSR count). The van der Waals surface area contributed by atoms with Gasteiger partial charge in [-0.1, -0.05) is 32.6 Å². The molecule has 0 amide bonds. The molecular weight excluding hydrogens is 367 g/mol. The lowest BCUT2D eigenvalue weighted by atomic mass is 9.84. The Kier molecular flexibility index (Phi) is 6.17. The Hall–Kier alpha value is -2.76. The zero-order chi connectivity index (χ0) is 20.1. The molecule has 1 N–H and O–H groups in total. The van der Waals surface area contributed by atoms with Crippen molar-refractivity contribution in [2.45, 2.75) is 57.8 Å². The van der Waals surface area contributed by atoms with Gasteiger partial charge in [-0.3, -0.25) is 0 Å². The van der Waals surface area contributed by atoms with Crippen LogP contribution in [-0.4, -0.2) is 21.5 Å². The van der Waals surface area contributed by atoms with Crippen LogP contribution in [0.2, 0.25) is 0 Å². The van der Waals surface area contributed by atoms with Crippen molar-refractivity contribution in [3.63, 3.8) is 0 Å². The summed E-state index contributed by atoms with van der Waals surface area (Å²) in [7, 11) is 0. The SMILES string of the molecule is CCCCNc1ncc2c(Oc3ccc(F)cc3)ncc(C3CCCCC3)c2n1. The normalized spacial score (nSPS) is 14.8. The Balaban J connectivity index is 1.71. The third kappa shape index (κ3) is 4.63. The average Bonchev–Trinajstić information content (AvgIpc) is 2.76. The fourth-order valence-corrected chi connectivity index (χ4v) is 3.89. The molecule has 0 spiro atoms. The predicted molar refractivity (Wildman–Crippen MR) is 113 cm³/mol. The van der Waals surface area contributed by atoms with Gasteiger partial charge in [-0.15, -0.1) is 0 Å². The van der Waals surface area contributed by atoms with E-state index in [2.05, 4.69) is 22.2 Å². The molecule has 1 aromatic carbocycles. The van der Waals surface area contributed by atoms with Crippen molar-refractivity contribution in [3.05, 3.63) is 48.0 Å². The molecule has 5 nitrogen and oxygen atoms in total. The summed E-state index contributed by atoms with van der Waals surface area (Å²) in [6.07, 6.45) is 12.0. The smallest absolute Gasteiger partial charge is 0.230 e. The molecule has 152 valence electrons. The van der Waals surface area contributed by atoms with E-state index in [0.29, 0.717) is 23.5 Å². The Morgan fingerprint density at radius 3 is 2.62 bits per heavy atom. The molecule has 2 aromatic heterocycles. The van der Waals surface area contributed by atoms with Crippen molar-refractivity contribution < 1.29 is 9.13 Å². The first-order valence-corrected chi connectivity index (χ1v) is 10.6. The predicted octanol–water partition coefficient (Wildman–Crippen LogP) is 6.22. The number of aromatic nitrogens is 3. The molecule has 1 saturated carbocycles. The fourth-order valence-electron chi connectivity index (χ4n) is 3.89. The van der Waals surface area contributed by atoms with Gasteiger partial charge >= 0.3 is 0 Å². The second-order valence-corrected chi connectivity index (χ2v) is 7.65. The highest BCUT2D eigenvalue weighted by Crippen LogP contribution is 2.38. The number of ether oxygens (including phenoxy) is 1. The van der Waals surface area contributed by atoms with Gasteiger partial charge in [0.05, 0.1) is 10.9 Å². The van der Waals surface area contributed by atoms with Crippen LogP contribution < -0.4 is 10.1 Å². The molecule has 0 atom stereocenters. The van der Waals surface area contributed by atoms with Crippen LogP contribution in [0.3, 0.4) is 0 Å². The van der Waals surface area contributed by atoms with Gasteiger partial charge in [0.15, 0.2) is 0 Å². The molecule has 0 aliphatic heterocycles. The van der Waals surface area contributed by atoms with Gasteiger partial charge in [0.25, 0.3) is 0 Å². The number of rotatable bonds is 7. The summed E-state index contributed by atoms with van der Waals surface area (Å²) in [5.74, 6) is 1.80. The molecule has 1 aliphatic rings. The van der Waals surface area contributed by atoms with Gasteiger partial charge in [-0.05, 0) is 49.4 Å². The lowest BCUT2D eigenvalue weighted by Crippen LogP contribution is -2.09. The quantitative estimate of drug-likeness (QED) is 0.482. The highest BCUT2D eigenvalue weighted by atomic mass is 19.1. The molecule has 2 heterocycles. The monoisotopic (exact) mass is 394 g/mol. The van der Waals surface area contributed by atoms with Crippen LogP contribution in [0, 0.1) is 5.82 Å². The van der Waals surface area contributed by atoms with Gasteiger partial charge in [0.1, 0.15) is 11.6 Å². The van der Waals surface area contributed by atoms with Crippen LogP contribution in [0.1, 0.15) is 63.4 Å². The summed E-state index contributed by atoms with van der Waals surface area (Å²) in [4.78, 5) is 13.9. The Morgan fingerprint density at radius 1 is 1.07 bits per heavy atom. The van der Waals surface area contributed by atoms with E-state index >= 15 is 0 Å². The Labute approximate surface area is 170 Å². The number of anilines is 1. The molecule has 0 bridgehead atoms. The van der Waals surface area contributed by atoms with E-state index in [0.717, 1.165) is 43.1 Å². The van der Waals surface area contributed by atoms with Crippen molar-refractivity contribution in [2.24, 2.45) is 0 Å². The number of pyridine rings is 1. The summed E-state index contributed by atoms with van der Waals surface area (Å²) in [5.41, 5.74) is 2.07. The van der Waals surface area contributed by atoms with Crippen molar-refractivity contribution in [1.82, 2.24) is 15.0 Å². The molecule has 0 saturated heterocycles. The second kappa shape index (κ2) is 9.16. The lowest BCUT2D eigenvalue weighted by molar-refractivity contribution is 0.441. The first-order valence-electron chi connectivity index (χ1n) is 10.6. The maximum Gasteiger partial charge on any atom is 0.230 e. The molecular formula is C23H27FN4O. The summed E-state index contributed by atoms with van der Waals surface area (Å²) in [6, 6.07) is 5.94. The van der Waals surface area contributed by atoms with Crippen LogP contribution in [0.5, 0.6) is 11.6 Å². The van der Waals surface area contributed by atoms with Crippen LogP contribution in [0.4, 0.5) is 10.3 Å². The number of nitrogens with one attached hydrogen (secondary N) is 1. The first kappa shape index (κ1) is 19.6. The number of nitrogens with zero attached hydrogens (tertiary/aromatic N) is 3. The minimum atomic E-state index is -0.297. The van der Waals surface area contributed by atoms with Crippen molar-refractivity contribution in [1.29, 1.82) is 0 Å². The molecule has 1 aliphatic carbocycles. The summed E-state index contributed by atoms with van der Waals surface area (Å²) >= 11 is 0. The molecule has 6 heteroatoms. The van der Waals surface area contributed by atoms with E-state index in [1.807, 2.05) is 6.20 Å². The summed E-state index contributed by atoms with van der Waals surface area (Å²) in [6.45, 7) is 3.01. The van der Waals surface area contributed by atoms with E-state index in [1.54, 1.807) is 18.3 Å². The van der Waals surface area contributed by atoms with E-state index in [1.165, 1.54) is 37.0 Å². The van der Waals surface area contributed by atoms with Gasteiger partial charge < -0.3 is 10.1 Å². The lowest BCUT2D eigenvalue weighted by Gasteiger charge is -2.23. The Morgan fingerprint density at radius 2 is 1.86 bits per heavy atom. The van der Waals surface area contributed by atoms with E-state index in [-0.39, 0.29) is 5.82 Å². The van der Waals surface area contributed by atoms with Crippen molar-refractivity contribution in [3.8, 4) is 11.6 Å². The zero-order valence-electron chi connectivity index (χ0n) is 16.8. The fraction of sp³-hybridized carbons (Fsp3) is 0.435. The standard InChI is InChI=1S/C23H27FN4O/c1-2-3-13-25-23-27-15-20-21(28-23)19(16-7-5-4-6-8-16)14-26-22(20)29-18-11-9-17(24)10-12-18/h9-12,14-16H,2-8,13H2,1H3,(H,25,27,28). The zero-order valence-corrected chi connectivity index (χ0v) is 16.8.